The van der Waals surface area contributed by atoms with Gasteiger partial charge in [0.15, 0.2) is 0 Å². The summed E-state index contributed by atoms with van der Waals surface area (Å²) in [5.41, 5.74) is 5.44. The van der Waals surface area contributed by atoms with Crippen molar-refractivity contribution in [3.63, 3.8) is 0 Å². The molecule has 3 aromatic carbocycles. The summed E-state index contributed by atoms with van der Waals surface area (Å²) in [7, 11) is 0. The number of nitrogens with one attached hydrogen (secondary N) is 1. The molecule has 0 fully saturated rings. The normalized spacial score (nSPS) is 13.0. The standard InChI is InChI=1S/C30H29Cl2NO4/c31-14-5-4-11-29(34)33-24-16-21(15-22(17-24)30(35)36)25-9-6-10-26(25)27-18-23(32)12-13-28(27)37-19-20-7-2-1-3-8-20/h1-3,7-8,12-13,15-18H,4-6,9-11,14,19H2,(H,33,34)(H,35,36). The first-order valence-corrected chi connectivity index (χ1v) is 13.3. The number of allylic oxidation sites excluding steroid dienone is 2. The number of hydrogen-bond acceptors (Lipinski definition) is 3. The molecule has 0 unspecified atom stereocenters. The first-order valence-electron chi connectivity index (χ1n) is 12.4. The van der Waals surface area contributed by atoms with E-state index in [0.29, 0.717) is 36.0 Å². The lowest BCUT2D eigenvalue weighted by Gasteiger charge is -2.16. The molecule has 4 rings (SSSR count). The second kappa shape index (κ2) is 12.8. The summed E-state index contributed by atoms with van der Waals surface area (Å²) in [6, 6.07) is 20.5. The Morgan fingerprint density at radius 1 is 0.946 bits per heavy atom. The highest BCUT2D eigenvalue weighted by atomic mass is 35.5. The molecule has 1 aliphatic rings. The van der Waals surface area contributed by atoms with Gasteiger partial charge in [0, 0.05) is 28.6 Å². The molecule has 7 heteroatoms. The number of carbonyl (C=O) groups excluding carboxylic acids is 1. The molecule has 0 saturated carbocycles. The number of alkyl halides is 1. The minimum Gasteiger partial charge on any atom is -0.488 e. The molecule has 0 atom stereocenters. The van der Waals surface area contributed by atoms with E-state index in [1.807, 2.05) is 54.6 Å². The molecular weight excluding hydrogens is 509 g/mol. The molecule has 0 aliphatic heterocycles. The molecule has 5 nitrogen and oxygen atoms in total. The Kier molecular flexibility index (Phi) is 9.26. The molecule has 1 amide bonds. The van der Waals surface area contributed by atoms with Crippen molar-refractivity contribution in [1.82, 2.24) is 0 Å². The summed E-state index contributed by atoms with van der Waals surface area (Å²) in [4.78, 5) is 24.3. The molecule has 37 heavy (non-hydrogen) atoms. The third-order valence-electron chi connectivity index (χ3n) is 6.32. The molecule has 1 aliphatic carbocycles. The van der Waals surface area contributed by atoms with Gasteiger partial charge in [-0.25, -0.2) is 4.79 Å². The van der Waals surface area contributed by atoms with Gasteiger partial charge in [0.1, 0.15) is 12.4 Å². The minimum atomic E-state index is -1.05. The van der Waals surface area contributed by atoms with Crippen molar-refractivity contribution in [2.45, 2.75) is 45.1 Å². The predicted molar refractivity (Wildman–Crippen MR) is 149 cm³/mol. The van der Waals surface area contributed by atoms with Crippen LogP contribution in [0.15, 0.2) is 66.7 Å². The molecule has 0 heterocycles. The van der Waals surface area contributed by atoms with Gasteiger partial charge < -0.3 is 15.2 Å². The number of aromatic carboxylic acids is 1. The second-order valence-corrected chi connectivity index (χ2v) is 9.84. The highest BCUT2D eigenvalue weighted by Gasteiger charge is 2.23. The van der Waals surface area contributed by atoms with E-state index in [0.717, 1.165) is 59.3 Å². The van der Waals surface area contributed by atoms with E-state index in [2.05, 4.69) is 5.32 Å². The number of benzene rings is 3. The lowest BCUT2D eigenvalue weighted by atomic mass is 9.94. The van der Waals surface area contributed by atoms with Crippen molar-refractivity contribution in [2.75, 3.05) is 11.2 Å². The van der Waals surface area contributed by atoms with Gasteiger partial charge in [-0.15, -0.1) is 11.6 Å². The van der Waals surface area contributed by atoms with E-state index in [1.165, 1.54) is 6.07 Å². The van der Waals surface area contributed by atoms with Crippen LogP contribution in [-0.4, -0.2) is 22.9 Å². The largest absolute Gasteiger partial charge is 0.488 e. The summed E-state index contributed by atoms with van der Waals surface area (Å²) in [5.74, 6) is 0.0217. The van der Waals surface area contributed by atoms with E-state index < -0.39 is 5.97 Å². The zero-order valence-electron chi connectivity index (χ0n) is 20.4. The Morgan fingerprint density at radius 3 is 2.49 bits per heavy atom. The van der Waals surface area contributed by atoms with Gasteiger partial charge >= 0.3 is 5.97 Å². The van der Waals surface area contributed by atoms with Crippen LogP contribution in [0.4, 0.5) is 5.69 Å². The second-order valence-electron chi connectivity index (χ2n) is 9.02. The van der Waals surface area contributed by atoms with Crippen LogP contribution < -0.4 is 10.1 Å². The highest BCUT2D eigenvalue weighted by Crippen LogP contribution is 2.44. The van der Waals surface area contributed by atoms with E-state index in [4.69, 9.17) is 27.9 Å². The molecule has 2 N–H and O–H groups in total. The van der Waals surface area contributed by atoms with Gasteiger partial charge in [0.25, 0.3) is 0 Å². The average Bonchev–Trinajstić information content (AvgIpc) is 3.38. The van der Waals surface area contributed by atoms with Crippen molar-refractivity contribution >= 4 is 51.9 Å². The fraction of sp³-hybridized carbons (Fsp3) is 0.267. The number of hydrogen-bond donors (Lipinski definition) is 2. The van der Waals surface area contributed by atoms with E-state index in [1.54, 1.807) is 6.07 Å². The number of amides is 1. The van der Waals surface area contributed by atoms with Crippen molar-refractivity contribution in [3.05, 3.63) is 94.0 Å². The van der Waals surface area contributed by atoms with E-state index in [-0.39, 0.29) is 11.5 Å². The summed E-state index contributed by atoms with van der Waals surface area (Å²) in [5, 5.41) is 13.2. The molecule has 0 saturated heterocycles. The molecular formula is C30H29Cl2NO4. The number of unbranched alkanes of at least 4 members (excludes halogenated alkanes) is 1. The summed E-state index contributed by atoms with van der Waals surface area (Å²) in [6.07, 6.45) is 4.28. The number of carboxylic acids is 1. The molecule has 3 aromatic rings. The van der Waals surface area contributed by atoms with Gasteiger partial charge in [-0.05, 0) is 90.8 Å². The number of ether oxygens (including phenoxy) is 1. The van der Waals surface area contributed by atoms with Crippen LogP contribution in [0.2, 0.25) is 5.02 Å². The van der Waals surface area contributed by atoms with Crippen molar-refractivity contribution in [1.29, 1.82) is 0 Å². The SMILES string of the molecule is O=C(CCCCCl)Nc1cc(C(=O)O)cc(C2=C(c3cc(Cl)ccc3OCc3ccccc3)CCC2)c1. The van der Waals surface area contributed by atoms with Gasteiger partial charge in [-0.1, -0.05) is 41.9 Å². The summed E-state index contributed by atoms with van der Waals surface area (Å²) < 4.78 is 6.21. The third-order valence-corrected chi connectivity index (χ3v) is 6.82. The first-order chi connectivity index (χ1) is 17.9. The smallest absolute Gasteiger partial charge is 0.335 e. The topological polar surface area (TPSA) is 75.6 Å². The van der Waals surface area contributed by atoms with Crippen LogP contribution >= 0.6 is 23.2 Å². The highest BCUT2D eigenvalue weighted by molar-refractivity contribution is 6.30. The maximum atomic E-state index is 12.4. The molecule has 0 radical (unpaired) electrons. The van der Waals surface area contributed by atoms with Crippen LogP contribution in [0.5, 0.6) is 5.75 Å². The number of carboxylic acid groups (broad SMARTS) is 1. The van der Waals surface area contributed by atoms with Crippen molar-refractivity contribution in [2.24, 2.45) is 0 Å². The third kappa shape index (κ3) is 7.15. The number of halogens is 2. The maximum absolute atomic E-state index is 12.4. The Morgan fingerprint density at radius 2 is 1.73 bits per heavy atom. The number of rotatable bonds is 11. The lowest BCUT2D eigenvalue weighted by molar-refractivity contribution is -0.116. The summed E-state index contributed by atoms with van der Waals surface area (Å²) >= 11 is 12.1. The Hall–Kier alpha value is -3.28. The van der Waals surface area contributed by atoms with Crippen LogP contribution in [0.1, 0.15) is 65.6 Å². The molecule has 0 spiro atoms. The molecule has 192 valence electrons. The number of anilines is 1. The van der Waals surface area contributed by atoms with Crippen LogP contribution in [-0.2, 0) is 11.4 Å². The lowest BCUT2D eigenvalue weighted by Crippen LogP contribution is -2.12. The quantitative estimate of drug-likeness (QED) is 0.191. The average molecular weight is 538 g/mol. The minimum absolute atomic E-state index is 0.124. The van der Waals surface area contributed by atoms with Gasteiger partial charge in [0.2, 0.25) is 5.91 Å². The molecule has 0 aromatic heterocycles. The predicted octanol–water partition coefficient (Wildman–Crippen LogP) is 8.06. The fourth-order valence-electron chi connectivity index (χ4n) is 4.56. The monoisotopic (exact) mass is 537 g/mol. The molecule has 0 bridgehead atoms. The van der Waals surface area contributed by atoms with Crippen LogP contribution in [0.3, 0.4) is 0 Å². The van der Waals surface area contributed by atoms with Crippen molar-refractivity contribution in [3.8, 4) is 5.75 Å². The fourth-order valence-corrected chi connectivity index (χ4v) is 4.92. The zero-order valence-corrected chi connectivity index (χ0v) is 21.9. The Bertz CT molecular complexity index is 1300. The van der Waals surface area contributed by atoms with Crippen molar-refractivity contribution < 1.29 is 19.4 Å². The summed E-state index contributed by atoms with van der Waals surface area (Å²) in [6.45, 7) is 0.423. The first kappa shape index (κ1) is 26.8. The maximum Gasteiger partial charge on any atom is 0.335 e. The van der Waals surface area contributed by atoms with Crippen LogP contribution in [0.25, 0.3) is 11.1 Å². The van der Waals surface area contributed by atoms with Crippen LogP contribution in [0, 0.1) is 0 Å². The van der Waals surface area contributed by atoms with E-state index >= 15 is 0 Å². The van der Waals surface area contributed by atoms with Gasteiger partial charge in [0.05, 0.1) is 5.56 Å². The Balaban J connectivity index is 1.68. The van der Waals surface area contributed by atoms with Gasteiger partial charge in [-0.3, -0.25) is 4.79 Å². The zero-order chi connectivity index (χ0) is 26.2. The van der Waals surface area contributed by atoms with Gasteiger partial charge in [-0.2, -0.15) is 0 Å². The number of carbonyl (C=O) groups is 2. The Labute approximate surface area is 227 Å². The van der Waals surface area contributed by atoms with E-state index in [9.17, 15) is 14.7 Å².